The van der Waals surface area contributed by atoms with Crippen molar-refractivity contribution < 1.29 is 4.80 Å². The smallest absolute Gasteiger partial charge is 0.278 e. The van der Waals surface area contributed by atoms with E-state index < -0.39 is 0 Å². The third-order valence-corrected chi connectivity index (χ3v) is 10.7. The van der Waals surface area contributed by atoms with Crippen LogP contribution in [-0.2, 0) is 0 Å². The van der Waals surface area contributed by atoms with Gasteiger partial charge in [-0.25, -0.2) is 0 Å². The van der Waals surface area contributed by atoms with Crippen molar-refractivity contribution in [3.05, 3.63) is 200 Å². The van der Waals surface area contributed by atoms with Crippen molar-refractivity contribution in [1.82, 2.24) is 24.3 Å². The van der Waals surface area contributed by atoms with E-state index >= 15 is 0 Å². The van der Waals surface area contributed by atoms with Gasteiger partial charge in [-0.2, -0.15) is 4.98 Å². The van der Waals surface area contributed by atoms with Gasteiger partial charge >= 0.3 is 0 Å². The van der Waals surface area contributed by atoms with Gasteiger partial charge in [0.05, 0.1) is 42.4 Å². The summed E-state index contributed by atoms with van der Waals surface area (Å²) < 4.78 is 4.70. The van der Waals surface area contributed by atoms with Crippen molar-refractivity contribution in [2.45, 2.75) is 0 Å². The molecule has 0 saturated heterocycles. The summed E-state index contributed by atoms with van der Waals surface area (Å²) >= 11 is 0. The van der Waals surface area contributed by atoms with E-state index in [4.69, 9.17) is 15.2 Å². The minimum atomic E-state index is 0.604. The van der Waals surface area contributed by atoms with Crippen LogP contribution in [0.2, 0.25) is 0 Å². The first-order valence-electron chi connectivity index (χ1n) is 18.8. The number of fused-ring (bicyclic) bond motifs is 6. The maximum absolute atomic E-state index is 5.09. The van der Waals surface area contributed by atoms with Crippen LogP contribution >= 0.6 is 0 Å². The standard InChI is InChI=1S/C50H33N6/c1-5-16-34(17-6-1)49-51-50(35-18-7-2-8-19-35)53-56(52-49)47-27-15-26-46-48(47)42-33-37(29-31-45(42)55(46)39-22-11-4-12-23-39)36-28-30-44-41(32-36)40-24-13-14-25-43(40)54(44)38-20-9-3-10-21-38/h1-33H/q+1. The average Bonchev–Trinajstić information content (AvgIpc) is 3.80. The molecular weight excluding hydrogens is 685 g/mol. The van der Waals surface area contributed by atoms with E-state index in [1.807, 2.05) is 60.7 Å². The van der Waals surface area contributed by atoms with Crippen molar-refractivity contribution in [2.75, 3.05) is 0 Å². The Morgan fingerprint density at radius 3 is 1.41 bits per heavy atom. The van der Waals surface area contributed by atoms with Crippen LogP contribution in [-0.4, -0.2) is 24.3 Å². The minimum absolute atomic E-state index is 0.604. The Bertz CT molecular complexity index is 3170. The average molecular weight is 718 g/mol. The lowest BCUT2D eigenvalue weighted by Gasteiger charge is -2.09. The first kappa shape index (κ1) is 31.8. The van der Waals surface area contributed by atoms with Crippen molar-refractivity contribution in [3.8, 4) is 51.0 Å². The Balaban J connectivity index is 1.16. The van der Waals surface area contributed by atoms with Crippen molar-refractivity contribution in [3.63, 3.8) is 0 Å². The molecule has 0 amide bonds. The Hall–Kier alpha value is -7.70. The SMILES string of the molecule is c1ccc(-c2nc(-c3ccccc3)n[n+](-c3cccc4c3c3cc(-c5ccc6c(c5)c5ccccc5n6-c5ccccc5)ccc3n4-c3ccccc3)n2)cc1. The monoisotopic (exact) mass is 717 g/mol. The maximum Gasteiger partial charge on any atom is 0.278 e. The van der Waals surface area contributed by atoms with Crippen LogP contribution in [0.25, 0.3) is 94.6 Å². The lowest BCUT2D eigenvalue weighted by Crippen LogP contribution is -2.41. The molecule has 0 aliphatic rings. The molecule has 0 aliphatic heterocycles. The van der Waals surface area contributed by atoms with E-state index in [2.05, 4.69) is 149 Å². The molecular formula is C50H33N6+. The maximum atomic E-state index is 5.09. The predicted octanol–water partition coefficient (Wildman–Crippen LogP) is 11.3. The number of hydrogen-bond acceptors (Lipinski definition) is 3. The molecule has 3 heterocycles. The summed E-state index contributed by atoms with van der Waals surface area (Å²) in [5, 5.41) is 14.8. The fraction of sp³-hybridized carbons (Fsp3) is 0. The van der Waals surface area contributed by atoms with Gasteiger partial charge in [0.15, 0.2) is 0 Å². The van der Waals surface area contributed by atoms with Crippen LogP contribution in [0.5, 0.6) is 0 Å². The molecule has 0 N–H and O–H groups in total. The molecule has 0 saturated carbocycles. The fourth-order valence-electron chi connectivity index (χ4n) is 8.13. The number of rotatable bonds is 6. The van der Waals surface area contributed by atoms with Gasteiger partial charge in [-0.3, -0.25) is 0 Å². The summed E-state index contributed by atoms with van der Waals surface area (Å²) in [5.74, 6) is 1.21. The molecule has 0 radical (unpaired) electrons. The molecule has 6 nitrogen and oxygen atoms in total. The number of hydrogen-bond donors (Lipinski definition) is 0. The summed E-state index contributed by atoms with van der Waals surface area (Å²) in [6.45, 7) is 0. The summed E-state index contributed by atoms with van der Waals surface area (Å²) in [7, 11) is 0. The summed E-state index contributed by atoms with van der Waals surface area (Å²) in [5.41, 5.74) is 11.8. The van der Waals surface area contributed by atoms with Gasteiger partial charge in [0.1, 0.15) is 0 Å². The van der Waals surface area contributed by atoms with Crippen LogP contribution in [0.15, 0.2) is 200 Å². The van der Waals surface area contributed by atoms with Crippen LogP contribution in [0.3, 0.4) is 0 Å². The number of para-hydroxylation sites is 3. The second kappa shape index (κ2) is 13.0. The third kappa shape index (κ3) is 5.19. The number of benzene rings is 8. The van der Waals surface area contributed by atoms with Gasteiger partial charge < -0.3 is 9.13 Å². The van der Waals surface area contributed by atoms with Crippen LogP contribution in [0.1, 0.15) is 0 Å². The first-order valence-corrected chi connectivity index (χ1v) is 18.8. The number of nitrogens with zero attached hydrogens (tertiary/aromatic N) is 6. The zero-order valence-electron chi connectivity index (χ0n) is 30.2. The highest BCUT2D eigenvalue weighted by Gasteiger charge is 2.26. The topological polar surface area (TPSA) is 52.4 Å². The van der Waals surface area contributed by atoms with E-state index in [0.29, 0.717) is 11.6 Å². The Morgan fingerprint density at radius 1 is 0.339 bits per heavy atom. The van der Waals surface area contributed by atoms with Crippen LogP contribution in [0, 0.1) is 0 Å². The van der Waals surface area contributed by atoms with E-state index in [9.17, 15) is 0 Å². The molecule has 0 bridgehead atoms. The van der Waals surface area contributed by atoms with Gasteiger partial charge in [-0.15, -0.1) is 0 Å². The molecule has 0 atom stereocenters. The molecule has 6 heteroatoms. The van der Waals surface area contributed by atoms with E-state index in [1.165, 1.54) is 21.8 Å². The largest absolute Gasteiger partial charge is 0.309 e. The normalized spacial score (nSPS) is 11.6. The molecule has 0 unspecified atom stereocenters. The molecule has 0 aliphatic carbocycles. The lowest BCUT2D eigenvalue weighted by atomic mass is 10.00. The molecule has 0 spiro atoms. The Morgan fingerprint density at radius 2 is 0.804 bits per heavy atom. The zero-order chi connectivity index (χ0) is 37.0. The molecule has 11 rings (SSSR count). The van der Waals surface area contributed by atoms with Crippen molar-refractivity contribution in [2.24, 2.45) is 0 Å². The minimum Gasteiger partial charge on any atom is -0.309 e. The van der Waals surface area contributed by atoms with Crippen LogP contribution < -0.4 is 4.80 Å². The second-order valence-corrected chi connectivity index (χ2v) is 14.0. The van der Waals surface area contributed by atoms with Gasteiger partial charge in [0.2, 0.25) is 11.6 Å². The summed E-state index contributed by atoms with van der Waals surface area (Å²) in [6, 6.07) is 70.1. The highest BCUT2D eigenvalue weighted by molar-refractivity contribution is 6.14. The molecule has 0 fully saturated rings. The Kier molecular flexibility index (Phi) is 7.38. The quantitative estimate of drug-likeness (QED) is 0.161. The van der Waals surface area contributed by atoms with Crippen molar-refractivity contribution in [1.29, 1.82) is 0 Å². The fourth-order valence-corrected chi connectivity index (χ4v) is 8.13. The highest BCUT2D eigenvalue weighted by Crippen LogP contribution is 2.39. The molecule has 8 aromatic carbocycles. The van der Waals surface area contributed by atoms with Gasteiger partial charge in [0, 0.05) is 44.7 Å². The van der Waals surface area contributed by atoms with Crippen LogP contribution in [0.4, 0.5) is 0 Å². The number of aromatic nitrogens is 6. The highest BCUT2D eigenvalue weighted by atomic mass is 15.5. The summed E-state index contributed by atoms with van der Waals surface area (Å²) in [6.07, 6.45) is 0. The van der Waals surface area contributed by atoms with Gasteiger partial charge in [-0.1, -0.05) is 133 Å². The lowest BCUT2D eigenvalue weighted by molar-refractivity contribution is -0.716. The Labute approximate surface area is 322 Å². The predicted molar refractivity (Wildman–Crippen MR) is 226 cm³/mol. The van der Waals surface area contributed by atoms with Gasteiger partial charge in [-0.05, 0) is 71.8 Å². The zero-order valence-corrected chi connectivity index (χ0v) is 30.2. The first-order chi connectivity index (χ1) is 27.8. The van der Waals surface area contributed by atoms with E-state index in [1.54, 1.807) is 4.80 Å². The molecule has 11 aromatic rings. The summed E-state index contributed by atoms with van der Waals surface area (Å²) in [4.78, 5) is 6.74. The van der Waals surface area contributed by atoms with E-state index in [-0.39, 0.29) is 0 Å². The third-order valence-electron chi connectivity index (χ3n) is 10.7. The van der Waals surface area contributed by atoms with E-state index in [0.717, 1.165) is 61.1 Å². The molecule has 262 valence electrons. The van der Waals surface area contributed by atoms with Crippen molar-refractivity contribution >= 4 is 43.6 Å². The molecule has 3 aromatic heterocycles. The second-order valence-electron chi connectivity index (χ2n) is 14.0. The van der Waals surface area contributed by atoms with Gasteiger partial charge in [0.25, 0.3) is 5.69 Å². The molecule has 56 heavy (non-hydrogen) atoms.